The average Bonchev–Trinajstić information content (AvgIpc) is 2.56. The molecule has 0 amide bonds. The molecule has 17 heavy (non-hydrogen) atoms. The summed E-state index contributed by atoms with van der Waals surface area (Å²) in [6, 6.07) is 0. The Morgan fingerprint density at radius 1 is 1.59 bits per heavy atom. The van der Waals surface area contributed by atoms with E-state index < -0.39 is 29.1 Å². The molecule has 1 aromatic heterocycles. The number of nitrogens with one attached hydrogen (secondary N) is 1. The minimum Gasteiger partial charge on any atom is -0.390 e. The van der Waals surface area contributed by atoms with Gasteiger partial charge in [0.05, 0.1) is 12.2 Å². The van der Waals surface area contributed by atoms with Gasteiger partial charge in [-0.15, -0.1) is 0 Å². The van der Waals surface area contributed by atoms with E-state index in [4.69, 9.17) is 16.7 Å². The Labute approximate surface area is 105 Å². The minimum atomic E-state index is -4.08. The maximum Gasteiger partial charge on any atom is 0.283 e. The number of sulfonamides is 1. The molecule has 0 atom stereocenters. The van der Waals surface area contributed by atoms with Crippen LogP contribution in [-0.4, -0.2) is 37.6 Å². The molecule has 0 aromatic carbocycles. The predicted octanol–water partition coefficient (Wildman–Crippen LogP) is 1.01. The van der Waals surface area contributed by atoms with E-state index in [9.17, 15) is 17.2 Å². The van der Waals surface area contributed by atoms with Gasteiger partial charge in [0, 0.05) is 0 Å². The molecule has 0 saturated carbocycles. The molecule has 0 unspecified atom stereocenters. The molecule has 0 radical (unpaired) electrons. The number of nitrogens with zero attached hydrogens (tertiary/aromatic N) is 1. The number of thiazole rings is 1. The number of halogens is 3. The summed E-state index contributed by atoms with van der Waals surface area (Å²) >= 11 is 6.19. The van der Waals surface area contributed by atoms with Crippen LogP contribution in [-0.2, 0) is 10.0 Å². The normalized spacial score (nSPS) is 13.0. The van der Waals surface area contributed by atoms with Crippen LogP contribution in [0.2, 0.25) is 4.47 Å². The molecule has 98 valence electrons. The van der Waals surface area contributed by atoms with Gasteiger partial charge in [-0.05, 0) is 6.92 Å². The lowest BCUT2D eigenvalue weighted by atomic mass is 10.4. The molecule has 0 fully saturated rings. The van der Waals surface area contributed by atoms with Gasteiger partial charge in [-0.25, -0.2) is 26.9 Å². The standard InChI is InChI=1S/C7H9ClF2N2O3S2/c1-4-5(16-6(8)12-4)17(14,15)11-2-7(9,10)3-13/h11,13H,2-3H2,1H3. The first-order valence-electron chi connectivity index (χ1n) is 4.29. The summed E-state index contributed by atoms with van der Waals surface area (Å²) in [7, 11) is -4.08. The quantitative estimate of drug-likeness (QED) is 0.851. The zero-order chi connectivity index (χ0) is 13.3. The highest BCUT2D eigenvalue weighted by molar-refractivity contribution is 7.91. The number of rotatable bonds is 5. The van der Waals surface area contributed by atoms with Crippen LogP contribution in [0.3, 0.4) is 0 Å². The molecule has 5 nitrogen and oxygen atoms in total. The first kappa shape index (κ1) is 14.7. The van der Waals surface area contributed by atoms with Crippen molar-refractivity contribution in [1.82, 2.24) is 9.71 Å². The van der Waals surface area contributed by atoms with Gasteiger partial charge in [0.2, 0.25) is 0 Å². The molecule has 0 saturated heterocycles. The molecular weight excluding hydrogens is 298 g/mol. The van der Waals surface area contributed by atoms with Crippen molar-refractivity contribution < 1.29 is 22.3 Å². The monoisotopic (exact) mass is 306 g/mol. The van der Waals surface area contributed by atoms with Gasteiger partial charge < -0.3 is 5.11 Å². The summed E-state index contributed by atoms with van der Waals surface area (Å²) in [5.74, 6) is -3.50. The molecule has 1 heterocycles. The summed E-state index contributed by atoms with van der Waals surface area (Å²) < 4.78 is 50.1. The lowest BCUT2D eigenvalue weighted by Gasteiger charge is -2.13. The number of aromatic nitrogens is 1. The van der Waals surface area contributed by atoms with Crippen LogP contribution in [0.4, 0.5) is 8.78 Å². The first-order chi connectivity index (χ1) is 7.68. The van der Waals surface area contributed by atoms with Gasteiger partial charge in [0.15, 0.2) is 8.68 Å². The number of alkyl halides is 2. The Balaban J connectivity index is 2.87. The van der Waals surface area contributed by atoms with E-state index in [1.807, 2.05) is 0 Å². The van der Waals surface area contributed by atoms with Gasteiger partial charge in [0.25, 0.3) is 15.9 Å². The van der Waals surface area contributed by atoms with Gasteiger partial charge in [0.1, 0.15) is 6.61 Å². The summed E-state index contributed by atoms with van der Waals surface area (Å²) in [5, 5.41) is 8.30. The molecule has 0 aliphatic carbocycles. The lowest BCUT2D eigenvalue weighted by molar-refractivity contribution is -0.0437. The number of hydrogen-bond donors (Lipinski definition) is 2. The number of aryl methyl sites for hydroxylation is 1. The summed E-state index contributed by atoms with van der Waals surface area (Å²) in [4.78, 5) is 3.67. The highest BCUT2D eigenvalue weighted by Gasteiger charge is 2.31. The van der Waals surface area contributed by atoms with E-state index >= 15 is 0 Å². The van der Waals surface area contributed by atoms with E-state index in [-0.39, 0.29) is 14.4 Å². The van der Waals surface area contributed by atoms with Crippen LogP contribution >= 0.6 is 22.9 Å². The van der Waals surface area contributed by atoms with Crippen molar-refractivity contribution in [2.75, 3.05) is 13.2 Å². The van der Waals surface area contributed by atoms with Crippen molar-refractivity contribution in [2.45, 2.75) is 17.1 Å². The van der Waals surface area contributed by atoms with Gasteiger partial charge >= 0.3 is 0 Å². The zero-order valence-corrected chi connectivity index (χ0v) is 11.0. The fourth-order valence-electron chi connectivity index (χ4n) is 0.922. The zero-order valence-electron chi connectivity index (χ0n) is 8.58. The third kappa shape index (κ3) is 3.81. The number of aliphatic hydroxyl groups is 1. The van der Waals surface area contributed by atoms with Crippen molar-refractivity contribution in [3.63, 3.8) is 0 Å². The Morgan fingerprint density at radius 3 is 2.59 bits per heavy atom. The second kappa shape index (κ2) is 5.11. The van der Waals surface area contributed by atoms with Crippen LogP contribution in [0.15, 0.2) is 4.21 Å². The molecule has 0 bridgehead atoms. The molecule has 10 heteroatoms. The van der Waals surface area contributed by atoms with E-state index in [1.54, 1.807) is 4.72 Å². The molecule has 0 spiro atoms. The topological polar surface area (TPSA) is 79.3 Å². The van der Waals surface area contributed by atoms with Crippen LogP contribution in [0.1, 0.15) is 5.69 Å². The molecule has 0 aliphatic rings. The Morgan fingerprint density at radius 2 is 2.18 bits per heavy atom. The third-order valence-electron chi connectivity index (χ3n) is 1.72. The van der Waals surface area contributed by atoms with Crippen LogP contribution in [0.25, 0.3) is 0 Å². The molecule has 1 aromatic rings. The Kier molecular flexibility index (Phi) is 4.42. The SMILES string of the molecule is Cc1nc(Cl)sc1S(=O)(=O)NCC(F)(F)CO. The van der Waals surface area contributed by atoms with E-state index in [2.05, 4.69) is 4.98 Å². The summed E-state index contributed by atoms with van der Waals surface area (Å²) in [5.41, 5.74) is 0.139. The maximum absolute atomic E-state index is 12.7. The van der Waals surface area contributed by atoms with Crippen molar-refractivity contribution in [1.29, 1.82) is 0 Å². The number of hydrogen-bond acceptors (Lipinski definition) is 5. The fourth-order valence-corrected chi connectivity index (χ4v) is 3.77. The molecular formula is C7H9ClF2N2O3S2. The molecule has 0 aliphatic heterocycles. The molecule has 2 N–H and O–H groups in total. The highest BCUT2D eigenvalue weighted by atomic mass is 35.5. The third-order valence-corrected chi connectivity index (χ3v) is 5.00. The minimum absolute atomic E-state index is 0.0109. The smallest absolute Gasteiger partial charge is 0.283 e. The summed E-state index contributed by atoms with van der Waals surface area (Å²) in [6.07, 6.45) is 0. The largest absolute Gasteiger partial charge is 0.390 e. The molecule has 1 rings (SSSR count). The average molecular weight is 307 g/mol. The van der Waals surface area contributed by atoms with Crippen molar-refractivity contribution in [2.24, 2.45) is 0 Å². The van der Waals surface area contributed by atoms with Gasteiger partial charge in [-0.3, -0.25) is 0 Å². The van der Waals surface area contributed by atoms with E-state index in [0.29, 0.717) is 11.3 Å². The van der Waals surface area contributed by atoms with E-state index in [1.165, 1.54) is 6.92 Å². The van der Waals surface area contributed by atoms with Crippen molar-refractivity contribution in [3.8, 4) is 0 Å². The van der Waals surface area contributed by atoms with Crippen LogP contribution in [0.5, 0.6) is 0 Å². The summed E-state index contributed by atoms with van der Waals surface area (Å²) in [6.45, 7) is -1.21. The highest BCUT2D eigenvalue weighted by Crippen LogP contribution is 2.26. The van der Waals surface area contributed by atoms with Gasteiger partial charge in [-0.2, -0.15) is 0 Å². The Hall–Kier alpha value is -0.350. The maximum atomic E-state index is 12.7. The fraction of sp³-hybridized carbons (Fsp3) is 0.571. The first-order valence-corrected chi connectivity index (χ1v) is 6.97. The predicted molar refractivity (Wildman–Crippen MR) is 59.1 cm³/mol. The second-order valence-corrected chi connectivity index (χ2v) is 6.72. The van der Waals surface area contributed by atoms with Crippen molar-refractivity contribution in [3.05, 3.63) is 10.2 Å². The van der Waals surface area contributed by atoms with Gasteiger partial charge in [-0.1, -0.05) is 22.9 Å². The van der Waals surface area contributed by atoms with Crippen LogP contribution < -0.4 is 4.72 Å². The van der Waals surface area contributed by atoms with E-state index in [0.717, 1.165) is 0 Å². The van der Waals surface area contributed by atoms with Crippen LogP contribution in [0, 0.1) is 6.92 Å². The van der Waals surface area contributed by atoms with Crippen molar-refractivity contribution >= 4 is 33.0 Å². The second-order valence-electron chi connectivity index (χ2n) is 3.18. The Bertz CT molecular complexity index is 503. The lowest BCUT2D eigenvalue weighted by Crippen LogP contribution is -2.38. The number of aliphatic hydroxyl groups excluding tert-OH is 1.